The van der Waals surface area contributed by atoms with Crippen molar-refractivity contribution in [3.63, 3.8) is 0 Å². The van der Waals surface area contributed by atoms with E-state index < -0.39 is 15.8 Å². The van der Waals surface area contributed by atoms with E-state index in [2.05, 4.69) is 9.71 Å². The number of aromatic nitrogens is 1. The van der Waals surface area contributed by atoms with Crippen LogP contribution in [0.3, 0.4) is 0 Å². The number of alkyl halides is 1. The molecule has 1 heterocycles. The minimum atomic E-state index is -3.74. The second kappa shape index (κ2) is 6.37. The highest BCUT2D eigenvalue weighted by atomic mass is 35.5. The van der Waals surface area contributed by atoms with E-state index in [-0.39, 0.29) is 16.9 Å². The van der Waals surface area contributed by atoms with Gasteiger partial charge in [-0.1, -0.05) is 19.3 Å². The fourth-order valence-corrected chi connectivity index (χ4v) is 4.02. The molecule has 1 aromatic heterocycles. The Bertz CT molecular complexity index is 559. The van der Waals surface area contributed by atoms with Crippen LogP contribution in [0.2, 0.25) is 0 Å². The topological polar surface area (TPSA) is 59.1 Å². The van der Waals surface area contributed by atoms with Crippen molar-refractivity contribution in [1.29, 1.82) is 0 Å². The summed E-state index contributed by atoms with van der Waals surface area (Å²) in [5, 5.41) is 0. The summed E-state index contributed by atoms with van der Waals surface area (Å²) in [6.07, 6.45) is 7.24. The Kier molecular flexibility index (Phi) is 4.99. The summed E-state index contributed by atoms with van der Waals surface area (Å²) in [7, 11) is -3.74. The van der Waals surface area contributed by atoms with Crippen molar-refractivity contribution in [1.82, 2.24) is 9.71 Å². The number of nitrogens with zero attached hydrogens (tertiary/aromatic N) is 1. The van der Waals surface area contributed by atoms with Gasteiger partial charge in [-0.15, -0.1) is 11.6 Å². The lowest BCUT2D eigenvalue weighted by Crippen LogP contribution is -2.40. The van der Waals surface area contributed by atoms with Crippen molar-refractivity contribution in [3.05, 3.63) is 24.3 Å². The minimum Gasteiger partial charge on any atom is -0.260 e. The molecular formula is C13H18ClFN2O2S. The molecule has 0 bridgehead atoms. The first kappa shape index (κ1) is 15.7. The van der Waals surface area contributed by atoms with Crippen molar-refractivity contribution in [2.75, 3.05) is 12.4 Å². The molecule has 0 saturated heterocycles. The van der Waals surface area contributed by atoms with Gasteiger partial charge in [0.05, 0.1) is 6.20 Å². The number of nitrogens with one attached hydrogen (secondary N) is 1. The van der Waals surface area contributed by atoms with Gasteiger partial charge < -0.3 is 0 Å². The number of halogens is 2. The monoisotopic (exact) mass is 320 g/mol. The maximum Gasteiger partial charge on any atom is 0.242 e. The van der Waals surface area contributed by atoms with Crippen molar-refractivity contribution in [3.8, 4) is 0 Å². The van der Waals surface area contributed by atoms with Crippen molar-refractivity contribution >= 4 is 21.6 Å². The van der Waals surface area contributed by atoms with E-state index in [0.717, 1.165) is 44.1 Å². The third kappa shape index (κ3) is 3.68. The molecule has 0 aliphatic heterocycles. The molecule has 20 heavy (non-hydrogen) atoms. The number of pyridine rings is 1. The molecule has 1 saturated carbocycles. The van der Waals surface area contributed by atoms with Crippen LogP contribution in [0.25, 0.3) is 0 Å². The van der Waals surface area contributed by atoms with Gasteiger partial charge in [0.15, 0.2) is 0 Å². The molecular weight excluding hydrogens is 303 g/mol. The Morgan fingerprint density at radius 1 is 1.30 bits per heavy atom. The molecule has 0 radical (unpaired) electrons. The molecule has 2 rings (SSSR count). The van der Waals surface area contributed by atoms with Crippen LogP contribution in [-0.2, 0) is 10.0 Å². The first-order valence-electron chi connectivity index (χ1n) is 6.64. The van der Waals surface area contributed by atoms with Crippen LogP contribution in [0.15, 0.2) is 23.4 Å². The Hall–Kier alpha value is -0.720. The highest BCUT2D eigenvalue weighted by Crippen LogP contribution is 2.37. The number of rotatable bonds is 5. The quantitative estimate of drug-likeness (QED) is 0.849. The lowest BCUT2D eigenvalue weighted by atomic mass is 9.76. The average molecular weight is 321 g/mol. The summed E-state index contributed by atoms with van der Waals surface area (Å²) in [6.45, 7) is 0.287. The van der Waals surface area contributed by atoms with Gasteiger partial charge in [0.25, 0.3) is 0 Å². The van der Waals surface area contributed by atoms with Crippen LogP contribution < -0.4 is 4.72 Å². The van der Waals surface area contributed by atoms with Gasteiger partial charge in [0.2, 0.25) is 10.0 Å². The molecule has 0 atom stereocenters. The van der Waals surface area contributed by atoms with E-state index in [1.54, 1.807) is 0 Å². The summed E-state index contributed by atoms with van der Waals surface area (Å²) in [5.41, 5.74) is -0.187. The van der Waals surface area contributed by atoms with Crippen LogP contribution in [-0.4, -0.2) is 25.8 Å². The Morgan fingerprint density at radius 3 is 2.60 bits per heavy atom. The van der Waals surface area contributed by atoms with E-state index in [1.807, 2.05) is 0 Å². The number of hydrogen-bond acceptors (Lipinski definition) is 3. The Balaban J connectivity index is 2.08. The first-order chi connectivity index (χ1) is 9.47. The molecule has 7 heteroatoms. The van der Waals surface area contributed by atoms with E-state index in [4.69, 9.17) is 11.6 Å². The molecule has 0 unspecified atom stereocenters. The second-order valence-corrected chi connectivity index (χ2v) is 7.39. The Labute approximate surface area is 123 Å². The molecule has 112 valence electrons. The van der Waals surface area contributed by atoms with Crippen LogP contribution in [0.4, 0.5) is 4.39 Å². The van der Waals surface area contributed by atoms with Crippen LogP contribution >= 0.6 is 11.6 Å². The van der Waals surface area contributed by atoms with Crippen LogP contribution in [0.5, 0.6) is 0 Å². The van der Waals surface area contributed by atoms with Crippen molar-refractivity contribution in [2.24, 2.45) is 5.41 Å². The third-order valence-electron chi connectivity index (χ3n) is 3.82. The number of hydrogen-bond donors (Lipinski definition) is 1. The largest absolute Gasteiger partial charge is 0.260 e. The summed E-state index contributed by atoms with van der Waals surface area (Å²) in [4.78, 5) is 3.41. The molecule has 1 aliphatic carbocycles. The third-order valence-corrected chi connectivity index (χ3v) is 5.76. The van der Waals surface area contributed by atoms with Crippen LogP contribution in [0.1, 0.15) is 32.1 Å². The maximum absolute atomic E-state index is 13.1. The molecule has 1 N–H and O–H groups in total. The fraction of sp³-hybridized carbons (Fsp3) is 0.615. The van der Waals surface area contributed by atoms with E-state index in [0.29, 0.717) is 5.88 Å². The predicted molar refractivity (Wildman–Crippen MR) is 75.6 cm³/mol. The van der Waals surface area contributed by atoms with Gasteiger partial charge in [0.1, 0.15) is 10.7 Å². The molecule has 1 aromatic rings. The molecule has 4 nitrogen and oxygen atoms in total. The summed E-state index contributed by atoms with van der Waals surface area (Å²) >= 11 is 6.03. The average Bonchev–Trinajstić information content (AvgIpc) is 2.46. The lowest BCUT2D eigenvalue weighted by molar-refractivity contribution is 0.223. The first-order valence-corrected chi connectivity index (χ1v) is 8.65. The Morgan fingerprint density at radius 2 is 2.00 bits per heavy atom. The standard InChI is InChI=1S/C13H18ClFN2O2S/c14-9-13(4-2-1-3-5-13)10-17-20(18,19)12-6-11(15)7-16-8-12/h6-8,17H,1-5,9-10H2. The van der Waals surface area contributed by atoms with E-state index in [9.17, 15) is 12.8 Å². The van der Waals surface area contributed by atoms with Crippen molar-refractivity contribution < 1.29 is 12.8 Å². The van der Waals surface area contributed by atoms with Gasteiger partial charge in [-0.05, 0) is 24.3 Å². The molecule has 1 aliphatic rings. The highest BCUT2D eigenvalue weighted by molar-refractivity contribution is 7.89. The van der Waals surface area contributed by atoms with Gasteiger partial charge in [-0.3, -0.25) is 4.98 Å². The van der Waals surface area contributed by atoms with Gasteiger partial charge in [-0.25, -0.2) is 17.5 Å². The summed E-state index contributed by atoms with van der Waals surface area (Å²) in [5.74, 6) is -0.241. The van der Waals surface area contributed by atoms with Gasteiger partial charge >= 0.3 is 0 Å². The fourth-order valence-electron chi connectivity index (χ4n) is 2.53. The maximum atomic E-state index is 13.1. The van der Waals surface area contributed by atoms with Gasteiger partial charge in [0, 0.05) is 18.6 Å². The molecule has 0 aromatic carbocycles. The second-order valence-electron chi connectivity index (χ2n) is 5.36. The highest BCUT2D eigenvalue weighted by Gasteiger charge is 2.32. The zero-order valence-electron chi connectivity index (χ0n) is 11.1. The molecule has 0 spiro atoms. The zero-order valence-corrected chi connectivity index (χ0v) is 12.7. The van der Waals surface area contributed by atoms with E-state index in [1.165, 1.54) is 6.42 Å². The van der Waals surface area contributed by atoms with Crippen LogP contribution in [0, 0.1) is 11.2 Å². The predicted octanol–water partition coefficient (Wildman–Crippen LogP) is 2.69. The number of sulfonamides is 1. The molecule has 1 fully saturated rings. The van der Waals surface area contributed by atoms with Crippen molar-refractivity contribution in [2.45, 2.75) is 37.0 Å². The lowest BCUT2D eigenvalue weighted by Gasteiger charge is -2.35. The minimum absolute atomic E-state index is 0.155. The molecule has 0 amide bonds. The summed E-state index contributed by atoms with van der Waals surface area (Å²) in [6, 6.07) is 0.962. The normalized spacial score (nSPS) is 18.9. The SMILES string of the molecule is O=S(=O)(NCC1(CCl)CCCCC1)c1cncc(F)c1. The summed E-state index contributed by atoms with van der Waals surface area (Å²) < 4.78 is 39.9. The van der Waals surface area contributed by atoms with E-state index >= 15 is 0 Å². The smallest absolute Gasteiger partial charge is 0.242 e. The van der Waals surface area contributed by atoms with Gasteiger partial charge in [-0.2, -0.15) is 0 Å². The zero-order chi connectivity index (χ0) is 14.6.